The van der Waals surface area contributed by atoms with Gasteiger partial charge in [0.15, 0.2) is 11.5 Å². The fourth-order valence-electron chi connectivity index (χ4n) is 3.95. The standard InChI is InChI=1S/C18H21NO2S/c1-10-6-13-17(22-10)9-19-14-5-4-11-7-15(20-2)16(21-3)8-12(11)18(13)14/h6-8,14,18-19H,4-5,9H2,1-3H3/t14-,18+/m0/s1. The Labute approximate surface area is 135 Å². The Morgan fingerprint density at radius 1 is 1.09 bits per heavy atom. The van der Waals surface area contributed by atoms with E-state index in [1.165, 1.54) is 32.9 Å². The third-order valence-corrected chi connectivity index (χ3v) is 6.00. The van der Waals surface area contributed by atoms with Crippen LogP contribution in [0.5, 0.6) is 11.5 Å². The molecule has 1 aromatic carbocycles. The maximum atomic E-state index is 5.53. The minimum Gasteiger partial charge on any atom is -0.493 e. The molecule has 0 fully saturated rings. The molecular formula is C18H21NO2S. The summed E-state index contributed by atoms with van der Waals surface area (Å²) in [6, 6.07) is 7.27. The molecule has 0 unspecified atom stereocenters. The van der Waals surface area contributed by atoms with E-state index in [1.807, 2.05) is 11.3 Å². The fraction of sp³-hybridized carbons (Fsp3) is 0.444. The van der Waals surface area contributed by atoms with Crippen molar-refractivity contribution in [2.24, 2.45) is 0 Å². The van der Waals surface area contributed by atoms with Gasteiger partial charge < -0.3 is 14.8 Å². The van der Waals surface area contributed by atoms with Gasteiger partial charge in [0.2, 0.25) is 0 Å². The zero-order valence-electron chi connectivity index (χ0n) is 13.2. The van der Waals surface area contributed by atoms with Gasteiger partial charge in [-0.2, -0.15) is 0 Å². The van der Waals surface area contributed by atoms with E-state index in [1.54, 1.807) is 14.2 Å². The SMILES string of the molecule is COc1cc2c(cc1OC)[C@@H]1c3cc(C)sc3CN[C@H]1CC2. The third-order valence-electron chi connectivity index (χ3n) is 4.93. The predicted octanol–water partition coefficient (Wildman–Crippen LogP) is 3.62. The van der Waals surface area contributed by atoms with Crippen molar-refractivity contribution in [1.29, 1.82) is 0 Å². The number of rotatable bonds is 2. The quantitative estimate of drug-likeness (QED) is 0.918. The van der Waals surface area contributed by atoms with Crippen LogP contribution in [0, 0.1) is 6.92 Å². The number of hydrogen-bond acceptors (Lipinski definition) is 4. The van der Waals surface area contributed by atoms with Gasteiger partial charge in [0.1, 0.15) is 0 Å². The lowest BCUT2D eigenvalue weighted by Gasteiger charge is -2.38. The third kappa shape index (κ3) is 2.05. The van der Waals surface area contributed by atoms with Crippen molar-refractivity contribution < 1.29 is 9.47 Å². The van der Waals surface area contributed by atoms with Crippen molar-refractivity contribution in [3.8, 4) is 11.5 Å². The summed E-state index contributed by atoms with van der Waals surface area (Å²) in [7, 11) is 3.42. The fourth-order valence-corrected chi connectivity index (χ4v) is 4.98. The molecule has 22 heavy (non-hydrogen) atoms. The molecule has 1 aromatic heterocycles. The van der Waals surface area contributed by atoms with Crippen molar-refractivity contribution in [1.82, 2.24) is 5.32 Å². The Kier molecular flexibility index (Phi) is 3.39. The zero-order chi connectivity index (χ0) is 15.3. The number of fused-ring (bicyclic) bond motifs is 5. The number of nitrogens with one attached hydrogen (secondary N) is 1. The van der Waals surface area contributed by atoms with Crippen LogP contribution in [0.1, 0.15) is 38.8 Å². The van der Waals surface area contributed by atoms with Gasteiger partial charge in [0.05, 0.1) is 14.2 Å². The minimum absolute atomic E-state index is 0.442. The molecule has 0 radical (unpaired) electrons. The normalized spacial score (nSPS) is 22.5. The molecule has 0 spiro atoms. The molecule has 116 valence electrons. The molecule has 2 aromatic rings. The molecule has 1 aliphatic heterocycles. The molecule has 0 amide bonds. The van der Waals surface area contributed by atoms with E-state index in [2.05, 4.69) is 30.4 Å². The van der Waals surface area contributed by atoms with Crippen LogP contribution >= 0.6 is 11.3 Å². The van der Waals surface area contributed by atoms with Crippen LogP contribution in [0.4, 0.5) is 0 Å². The highest BCUT2D eigenvalue weighted by Crippen LogP contribution is 2.46. The molecule has 1 aliphatic carbocycles. The molecule has 2 atom stereocenters. The Morgan fingerprint density at radius 3 is 2.64 bits per heavy atom. The number of methoxy groups -OCH3 is 2. The smallest absolute Gasteiger partial charge is 0.161 e. The second-order valence-electron chi connectivity index (χ2n) is 6.15. The van der Waals surface area contributed by atoms with Gasteiger partial charge in [-0.15, -0.1) is 11.3 Å². The largest absolute Gasteiger partial charge is 0.493 e. The van der Waals surface area contributed by atoms with Gasteiger partial charge in [-0.05, 0) is 54.7 Å². The highest BCUT2D eigenvalue weighted by Gasteiger charge is 2.36. The highest BCUT2D eigenvalue weighted by atomic mass is 32.1. The van der Waals surface area contributed by atoms with Crippen molar-refractivity contribution in [3.05, 3.63) is 44.6 Å². The van der Waals surface area contributed by atoms with Crippen LogP contribution < -0.4 is 14.8 Å². The Hall–Kier alpha value is -1.52. The van der Waals surface area contributed by atoms with Gasteiger partial charge in [-0.1, -0.05) is 0 Å². The van der Waals surface area contributed by atoms with E-state index in [9.17, 15) is 0 Å². The van der Waals surface area contributed by atoms with Crippen molar-refractivity contribution >= 4 is 11.3 Å². The topological polar surface area (TPSA) is 30.5 Å². The summed E-state index contributed by atoms with van der Waals surface area (Å²) in [4.78, 5) is 2.89. The first-order valence-corrected chi connectivity index (χ1v) is 8.60. The maximum Gasteiger partial charge on any atom is 0.161 e. The van der Waals surface area contributed by atoms with Crippen LogP contribution in [0.3, 0.4) is 0 Å². The molecule has 0 saturated heterocycles. The average Bonchev–Trinajstić information content (AvgIpc) is 2.93. The molecule has 2 heterocycles. The molecule has 1 N–H and O–H groups in total. The van der Waals surface area contributed by atoms with Gasteiger partial charge in [-0.3, -0.25) is 0 Å². The summed E-state index contributed by atoms with van der Waals surface area (Å²) >= 11 is 1.92. The molecule has 4 heteroatoms. The lowest BCUT2D eigenvalue weighted by Crippen LogP contribution is -2.42. The van der Waals surface area contributed by atoms with Crippen molar-refractivity contribution in [2.75, 3.05) is 14.2 Å². The number of aryl methyl sites for hydroxylation is 2. The van der Waals surface area contributed by atoms with Crippen LogP contribution in [-0.2, 0) is 13.0 Å². The molecule has 4 rings (SSSR count). The average molecular weight is 315 g/mol. The number of ether oxygens (including phenoxy) is 2. The maximum absolute atomic E-state index is 5.53. The summed E-state index contributed by atoms with van der Waals surface area (Å²) in [5, 5.41) is 3.74. The van der Waals surface area contributed by atoms with E-state index >= 15 is 0 Å². The first-order valence-electron chi connectivity index (χ1n) is 7.78. The Balaban J connectivity index is 1.88. The van der Waals surface area contributed by atoms with Gasteiger partial charge in [0, 0.05) is 28.3 Å². The molecule has 2 aliphatic rings. The molecular weight excluding hydrogens is 294 g/mol. The van der Waals surface area contributed by atoms with Crippen LogP contribution in [0.15, 0.2) is 18.2 Å². The molecule has 3 nitrogen and oxygen atoms in total. The van der Waals surface area contributed by atoms with Gasteiger partial charge >= 0.3 is 0 Å². The van der Waals surface area contributed by atoms with E-state index in [-0.39, 0.29) is 0 Å². The number of benzene rings is 1. The van der Waals surface area contributed by atoms with Gasteiger partial charge in [-0.25, -0.2) is 0 Å². The number of thiophene rings is 1. The van der Waals surface area contributed by atoms with Crippen molar-refractivity contribution in [3.63, 3.8) is 0 Å². The zero-order valence-corrected chi connectivity index (χ0v) is 14.0. The second-order valence-corrected chi connectivity index (χ2v) is 7.49. The monoisotopic (exact) mass is 315 g/mol. The van der Waals surface area contributed by atoms with E-state index < -0.39 is 0 Å². The summed E-state index contributed by atoms with van der Waals surface area (Å²) < 4.78 is 11.0. The van der Waals surface area contributed by atoms with E-state index in [0.29, 0.717) is 12.0 Å². The Morgan fingerprint density at radius 2 is 1.86 bits per heavy atom. The van der Waals surface area contributed by atoms with E-state index in [4.69, 9.17) is 9.47 Å². The first kappa shape index (κ1) is 14.1. The van der Waals surface area contributed by atoms with Crippen LogP contribution in [-0.4, -0.2) is 20.3 Å². The first-order chi connectivity index (χ1) is 10.7. The van der Waals surface area contributed by atoms with Crippen LogP contribution in [0.25, 0.3) is 0 Å². The lowest BCUT2D eigenvalue weighted by molar-refractivity contribution is 0.349. The minimum atomic E-state index is 0.442. The number of hydrogen-bond donors (Lipinski definition) is 1. The summed E-state index contributed by atoms with van der Waals surface area (Å²) in [5.41, 5.74) is 4.32. The molecule has 0 bridgehead atoms. The van der Waals surface area contributed by atoms with Crippen molar-refractivity contribution in [2.45, 2.75) is 38.3 Å². The summed E-state index contributed by atoms with van der Waals surface area (Å²) in [6.07, 6.45) is 2.28. The second kappa shape index (κ2) is 5.28. The summed E-state index contributed by atoms with van der Waals surface area (Å²) in [5.74, 6) is 2.11. The lowest BCUT2D eigenvalue weighted by atomic mass is 9.74. The van der Waals surface area contributed by atoms with Gasteiger partial charge in [0.25, 0.3) is 0 Å². The molecule has 0 saturated carbocycles. The highest BCUT2D eigenvalue weighted by molar-refractivity contribution is 7.12. The van der Waals surface area contributed by atoms with E-state index in [0.717, 1.165) is 24.5 Å². The van der Waals surface area contributed by atoms with Crippen LogP contribution in [0.2, 0.25) is 0 Å². The Bertz CT molecular complexity index is 722. The summed E-state index contributed by atoms with van der Waals surface area (Å²) in [6.45, 7) is 3.22. The predicted molar refractivity (Wildman–Crippen MR) is 89.4 cm³/mol.